The van der Waals surface area contributed by atoms with Crippen molar-refractivity contribution in [3.05, 3.63) is 57.8 Å². The molecule has 0 saturated carbocycles. The Morgan fingerprint density at radius 2 is 1.95 bits per heavy atom. The number of amides is 2. The van der Waals surface area contributed by atoms with Crippen LogP contribution in [-0.2, 0) is 0 Å². The lowest BCUT2D eigenvalue weighted by molar-refractivity contribution is 0.262. The fourth-order valence-corrected chi connectivity index (χ4v) is 1.98. The van der Waals surface area contributed by atoms with Crippen LogP contribution in [0.4, 0.5) is 20.6 Å². The Balaban J connectivity index is 2.07. The van der Waals surface area contributed by atoms with E-state index in [1.165, 1.54) is 18.2 Å². The predicted octanol–water partition coefficient (Wildman–Crippen LogP) is 4.89. The molecule has 0 saturated heterocycles. The summed E-state index contributed by atoms with van der Waals surface area (Å²) in [5.41, 5.74) is 0.900. The number of anilines is 2. The molecule has 0 heterocycles. The van der Waals surface area contributed by atoms with Crippen LogP contribution in [0.25, 0.3) is 0 Å². The number of urea groups is 1. The lowest BCUT2D eigenvalue weighted by Crippen LogP contribution is -2.19. The van der Waals surface area contributed by atoms with Crippen LogP contribution in [0, 0.1) is 5.82 Å². The third-order valence-electron chi connectivity index (χ3n) is 2.26. The summed E-state index contributed by atoms with van der Waals surface area (Å²) < 4.78 is 13.7. The number of hydrogen-bond donors (Lipinski definition) is 2. The topological polar surface area (TPSA) is 41.1 Å². The molecule has 98 valence electrons. The highest BCUT2D eigenvalue weighted by Gasteiger charge is 2.07. The summed E-state index contributed by atoms with van der Waals surface area (Å²) in [6, 6.07) is 10.3. The van der Waals surface area contributed by atoms with Crippen molar-refractivity contribution in [3.63, 3.8) is 0 Å². The predicted molar refractivity (Wildman–Crippen MR) is 78.2 cm³/mol. The zero-order valence-electron chi connectivity index (χ0n) is 9.58. The first-order valence-electron chi connectivity index (χ1n) is 5.33. The fraction of sp³-hybridized carbons (Fsp3) is 0. The first-order chi connectivity index (χ1) is 9.04. The molecule has 2 aromatic carbocycles. The SMILES string of the molecule is O=C(Nc1cccc(Cl)c1)Nc1cc(F)ccc1Br. The molecule has 2 amide bonds. The number of benzene rings is 2. The normalized spacial score (nSPS) is 10.1. The molecule has 0 fully saturated rings. The molecule has 0 atom stereocenters. The van der Waals surface area contributed by atoms with Gasteiger partial charge in [-0.25, -0.2) is 9.18 Å². The highest BCUT2D eigenvalue weighted by Crippen LogP contribution is 2.23. The number of rotatable bonds is 2. The summed E-state index contributed by atoms with van der Waals surface area (Å²) in [6.45, 7) is 0. The number of hydrogen-bond acceptors (Lipinski definition) is 1. The molecule has 2 N–H and O–H groups in total. The smallest absolute Gasteiger partial charge is 0.308 e. The summed E-state index contributed by atoms with van der Waals surface area (Å²) in [6.07, 6.45) is 0. The Bertz CT molecular complexity index is 621. The van der Waals surface area contributed by atoms with Crippen molar-refractivity contribution >= 4 is 44.9 Å². The molecule has 0 aromatic heterocycles. The third-order valence-corrected chi connectivity index (χ3v) is 3.19. The van der Waals surface area contributed by atoms with Gasteiger partial charge in [0, 0.05) is 15.2 Å². The highest BCUT2D eigenvalue weighted by atomic mass is 79.9. The van der Waals surface area contributed by atoms with Gasteiger partial charge in [0.2, 0.25) is 0 Å². The van der Waals surface area contributed by atoms with Crippen molar-refractivity contribution < 1.29 is 9.18 Å². The molecule has 19 heavy (non-hydrogen) atoms. The van der Waals surface area contributed by atoms with E-state index in [0.29, 0.717) is 20.9 Å². The van der Waals surface area contributed by atoms with Crippen molar-refractivity contribution in [1.82, 2.24) is 0 Å². The van der Waals surface area contributed by atoms with Crippen LogP contribution in [0.2, 0.25) is 5.02 Å². The zero-order chi connectivity index (χ0) is 13.8. The molecule has 0 bridgehead atoms. The molecular formula is C13H9BrClFN2O. The fourth-order valence-electron chi connectivity index (χ4n) is 1.44. The van der Waals surface area contributed by atoms with Gasteiger partial charge < -0.3 is 10.6 Å². The minimum absolute atomic E-state index is 0.347. The lowest BCUT2D eigenvalue weighted by Gasteiger charge is -2.09. The molecule has 2 aromatic rings. The van der Waals surface area contributed by atoms with Gasteiger partial charge in [-0.2, -0.15) is 0 Å². The van der Waals surface area contributed by atoms with Gasteiger partial charge in [0.05, 0.1) is 5.69 Å². The van der Waals surface area contributed by atoms with Crippen molar-refractivity contribution in [2.75, 3.05) is 10.6 Å². The highest BCUT2D eigenvalue weighted by molar-refractivity contribution is 9.10. The van der Waals surface area contributed by atoms with Crippen molar-refractivity contribution in [2.45, 2.75) is 0 Å². The Hall–Kier alpha value is -1.59. The molecule has 0 aliphatic heterocycles. The number of halogens is 3. The maximum atomic E-state index is 13.1. The van der Waals surface area contributed by atoms with Gasteiger partial charge >= 0.3 is 6.03 Å². The van der Waals surface area contributed by atoms with Crippen LogP contribution in [0.1, 0.15) is 0 Å². The average Bonchev–Trinajstić information content (AvgIpc) is 2.34. The minimum atomic E-state index is -0.478. The molecule has 0 aliphatic carbocycles. The van der Waals surface area contributed by atoms with Crippen LogP contribution >= 0.6 is 27.5 Å². The molecule has 3 nitrogen and oxygen atoms in total. The maximum Gasteiger partial charge on any atom is 0.323 e. The van der Waals surface area contributed by atoms with E-state index in [1.54, 1.807) is 24.3 Å². The second-order valence-electron chi connectivity index (χ2n) is 3.71. The van der Waals surface area contributed by atoms with Crippen LogP contribution in [-0.4, -0.2) is 6.03 Å². The number of carbonyl (C=O) groups is 1. The van der Waals surface area contributed by atoms with Gasteiger partial charge in [0.25, 0.3) is 0 Å². The molecular weight excluding hydrogens is 335 g/mol. The Labute approximate surface area is 122 Å². The minimum Gasteiger partial charge on any atom is -0.308 e. The van der Waals surface area contributed by atoms with Gasteiger partial charge in [0.15, 0.2) is 0 Å². The standard InChI is InChI=1S/C13H9BrClFN2O/c14-11-5-4-9(16)7-12(11)18-13(19)17-10-3-1-2-8(15)6-10/h1-7H,(H2,17,18,19). The molecule has 0 unspecified atom stereocenters. The lowest BCUT2D eigenvalue weighted by atomic mass is 10.3. The molecule has 0 radical (unpaired) electrons. The van der Waals surface area contributed by atoms with Crippen LogP contribution in [0.5, 0.6) is 0 Å². The van der Waals surface area contributed by atoms with E-state index in [-0.39, 0.29) is 0 Å². The summed E-state index contributed by atoms with van der Waals surface area (Å²) in [5.74, 6) is -0.429. The van der Waals surface area contributed by atoms with E-state index >= 15 is 0 Å². The molecule has 2 rings (SSSR count). The van der Waals surface area contributed by atoms with Crippen molar-refractivity contribution in [3.8, 4) is 0 Å². The van der Waals surface area contributed by atoms with Gasteiger partial charge in [-0.05, 0) is 52.3 Å². The second-order valence-corrected chi connectivity index (χ2v) is 5.00. The largest absolute Gasteiger partial charge is 0.323 e. The van der Waals surface area contributed by atoms with Crippen molar-refractivity contribution in [1.29, 1.82) is 0 Å². The van der Waals surface area contributed by atoms with E-state index in [4.69, 9.17) is 11.6 Å². The summed E-state index contributed by atoms with van der Waals surface area (Å²) in [4.78, 5) is 11.7. The zero-order valence-corrected chi connectivity index (χ0v) is 11.9. The number of carbonyl (C=O) groups excluding carboxylic acids is 1. The van der Waals surface area contributed by atoms with E-state index in [0.717, 1.165) is 0 Å². The second kappa shape index (κ2) is 6.04. The van der Waals surface area contributed by atoms with Gasteiger partial charge in [-0.15, -0.1) is 0 Å². The maximum absolute atomic E-state index is 13.1. The Morgan fingerprint density at radius 3 is 2.68 bits per heavy atom. The van der Waals surface area contributed by atoms with E-state index in [1.807, 2.05) is 0 Å². The first-order valence-corrected chi connectivity index (χ1v) is 6.50. The van der Waals surface area contributed by atoms with Crippen LogP contribution < -0.4 is 10.6 Å². The van der Waals surface area contributed by atoms with Gasteiger partial charge in [-0.3, -0.25) is 0 Å². The van der Waals surface area contributed by atoms with Gasteiger partial charge in [0.1, 0.15) is 5.82 Å². The number of nitrogens with one attached hydrogen (secondary N) is 2. The molecule has 0 aliphatic rings. The van der Waals surface area contributed by atoms with E-state index in [9.17, 15) is 9.18 Å². The third kappa shape index (κ3) is 3.94. The van der Waals surface area contributed by atoms with Crippen molar-refractivity contribution in [2.24, 2.45) is 0 Å². The van der Waals surface area contributed by atoms with E-state index < -0.39 is 11.8 Å². The summed E-state index contributed by atoms with van der Waals surface area (Å²) in [5, 5.41) is 5.66. The van der Waals surface area contributed by atoms with Gasteiger partial charge in [-0.1, -0.05) is 17.7 Å². The molecule has 6 heteroatoms. The van der Waals surface area contributed by atoms with Crippen LogP contribution in [0.3, 0.4) is 0 Å². The summed E-state index contributed by atoms with van der Waals surface area (Å²) in [7, 11) is 0. The molecule has 0 spiro atoms. The monoisotopic (exact) mass is 342 g/mol. The summed E-state index contributed by atoms with van der Waals surface area (Å²) >= 11 is 9.03. The average molecular weight is 344 g/mol. The first kappa shape index (κ1) is 13.8. The Morgan fingerprint density at radius 1 is 1.16 bits per heavy atom. The Kier molecular flexibility index (Phi) is 4.39. The van der Waals surface area contributed by atoms with E-state index in [2.05, 4.69) is 26.6 Å². The van der Waals surface area contributed by atoms with Crippen LogP contribution in [0.15, 0.2) is 46.9 Å². The quantitative estimate of drug-likeness (QED) is 0.801.